The van der Waals surface area contributed by atoms with E-state index in [9.17, 15) is 5.11 Å². The lowest BCUT2D eigenvalue weighted by atomic mass is 9.74. The van der Waals surface area contributed by atoms with E-state index in [1.54, 1.807) is 7.11 Å². The first-order valence-corrected chi connectivity index (χ1v) is 6.35. The van der Waals surface area contributed by atoms with Crippen LogP contribution in [0.4, 0.5) is 0 Å². The zero-order chi connectivity index (χ0) is 12.5. The van der Waals surface area contributed by atoms with Crippen LogP contribution in [-0.2, 0) is 11.2 Å². The number of nitrogens with zero attached hydrogens (tertiary/aromatic N) is 2. The van der Waals surface area contributed by atoms with Gasteiger partial charge in [-0.25, -0.2) is 0 Å². The molecule has 0 spiro atoms. The molecule has 1 unspecified atom stereocenters. The second-order valence-corrected chi connectivity index (χ2v) is 5.21. The summed E-state index contributed by atoms with van der Waals surface area (Å²) in [5, 5.41) is 14.8. The average molecular weight is 238 g/mol. The van der Waals surface area contributed by atoms with E-state index in [0.717, 1.165) is 25.0 Å². The molecule has 0 bridgehead atoms. The largest absolute Gasteiger partial charge is 0.389 e. The summed E-state index contributed by atoms with van der Waals surface area (Å²) in [7, 11) is 1.70. The molecule has 1 saturated carbocycles. The lowest BCUT2D eigenvalue weighted by Crippen LogP contribution is -2.49. The molecule has 1 aliphatic rings. The van der Waals surface area contributed by atoms with Gasteiger partial charge in [0, 0.05) is 38.6 Å². The Morgan fingerprint density at radius 3 is 2.94 bits per heavy atom. The quantitative estimate of drug-likeness (QED) is 0.852. The van der Waals surface area contributed by atoms with Crippen LogP contribution in [0.1, 0.15) is 44.8 Å². The minimum Gasteiger partial charge on any atom is -0.389 e. The Bertz CT molecular complexity index is 369. The van der Waals surface area contributed by atoms with Crippen LogP contribution in [0.5, 0.6) is 0 Å². The summed E-state index contributed by atoms with van der Waals surface area (Å²) in [6, 6.07) is 2.43. The van der Waals surface area contributed by atoms with E-state index < -0.39 is 5.60 Å². The molecule has 2 rings (SSSR count). The van der Waals surface area contributed by atoms with Gasteiger partial charge in [0.05, 0.1) is 17.4 Å². The fraction of sp³-hybridized carbons (Fsp3) is 0.769. The first-order chi connectivity index (χ1) is 8.06. The molecule has 1 aliphatic carbocycles. The van der Waals surface area contributed by atoms with E-state index in [1.807, 2.05) is 16.9 Å². The molecule has 1 aromatic rings. The Kier molecular flexibility index (Phi) is 3.54. The maximum Gasteiger partial charge on any atom is 0.0753 e. The van der Waals surface area contributed by atoms with Crippen LogP contribution in [0.25, 0.3) is 0 Å². The maximum atomic E-state index is 10.2. The highest BCUT2D eigenvalue weighted by Crippen LogP contribution is 2.36. The molecule has 4 nitrogen and oxygen atoms in total. The van der Waals surface area contributed by atoms with Gasteiger partial charge in [0.2, 0.25) is 0 Å². The summed E-state index contributed by atoms with van der Waals surface area (Å²) < 4.78 is 7.17. The molecule has 1 aromatic heterocycles. The van der Waals surface area contributed by atoms with Crippen molar-refractivity contribution in [3.05, 3.63) is 18.0 Å². The molecule has 0 aromatic carbocycles. The van der Waals surface area contributed by atoms with E-state index in [0.29, 0.717) is 12.5 Å². The van der Waals surface area contributed by atoms with E-state index in [-0.39, 0.29) is 6.10 Å². The minimum absolute atomic E-state index is 0.219. The van der Waals surface area contributed by atoms with Crippen molar-refractivity contribution in [2.24, 2.45) is 0 Å². The second-order valence-electron chi connectivity index (χ2n) is 5.21. The Labute approximate surface area is 103 Å². The highest BCUT2D eigenvalue weighted by molar-refractivity contribution is 5.08. The number of aromatic nitrogens is 2. The molecule has 1 heterocycles. The summed E-state index contributed by atoms with van der Waals surface area (Å²) in [6.07, 6.45) is 5.36. The summed E-state index contributed by atoms with van der Waals surface area (Å²) in [5.41, 5.74) is 0.373. The van der Waals surface area contributed by atoms with Crippen molar-refractivity contribution in [2.75, 3.05) is 7.11 Å². The first kappa shape index (κ1) is 12.6. The Morgan fingerprint density at radius 1 is 1.65 bits per heavy atom. The molecule has 0 saturated heterocycles. The van der Waals surface area contributed by atoms with Crippen molar-refractivity contribution in [3.8, 4) is 0 Å². The maximum absolute atomic E-state index is 10.2. The van der Waals surface area contributed by atoms with Crippen molar-refractivity contribution >= 4 is 0 Å². The number of hydrogen-bond acceptors (Lipinski definition) is 3. The van der Waals surface area contributed by atoms with Crippen LogP contribution in [0.2, 0.25) is 0 Å². The van der Waals surface area contributed by atoms with Gasteiger partial charge >= 0.3 is 0 Å². The SMILES string of the molecule is CCC(C)n1ccc(CC2(O)CC(OC)C2)n1. The van der Waals surface area contributed by atoms with E-state index in [1.165, 1.54) is 0 Å². The molecular weight excluding hydrogens is 216 g/mol. The van der Waals surface area contributed by atoms with Crippen LogP contribution in [0, 0.1) is 0 Å². The summed E-state index contributed by atoms with van der Waals surface area (Å²) >= 11 is 0. The summed E-state index contributed by atoms with van der Waals surface area (Å²) in [6.45, 7) is 4.30. The molecule has 1 atom stereocenters. The van der Waals surface area contributed by atoms with Crippen molar-refractivity contribution in [2.45, 2.75) is 57.3 Å². The van der Waals surface area contributed by atoms with Crippen LogP contribution in [-0.4, -0.2) is 33.7 Å². The number of methoxy groups -OCH3 is 1. The highest BCUT2D eigenvalue weighted by atomic mass is 16.5. The zero-order valence-electron chi connectivity index (χ0n) is 10.9. The first-order valence-electron chi connectivity index (χ1n) is 6.35. The number of ether oxygens (including phenoxy) is 1. The third-order valence-electron chi connectivity index (χ3n) is 3.76. The molecule has 4 heteroatoms. The predicted molar refractivity (Wildman–Crippen MR) is 65.9 cm³/mol. The fourth-order valence-electron chi connectivity index (χ4n) is 2.34. The predicted octanol–water partition coefficient (Wildman–Crippen LogP) is 1.94. The summed E-state index contributed by atoms with van der Waals surface area (Å²) in [4.78, 5) is 0. The van der Waals surface area contributed by atoms with E-state index in [4.69, 9.17) is 4.74 Å². The van der Waals surface area contributed by atoms with Crippen LogP contribution in [0.3, 0.4) is 0 Å². The van der Waals surface area contributed by atoms with Gasteiger partial charge in [0.1, 0.15) is 0 Å². The fourth-order valence-corrected chi connectivity index (χ4v) is 2.34. The molecular formula is C13H22N2O2. The number of aliphatic hydroxyl groups is 1. The third kappa shape index (κ3) is 2.69. The summed E-state index contributed by atoms with van der Waals surface area (Å²) in [5.74, 6) is 0. The van der Waals surface area contributed by atoms with E-state index in [2.05, 4.69) is 18.9 Å². The van der Waals surface area contributed by atoms with Gasteiger partial charge < -0.3 is 9.84 Å². The normalized spacial score (nSPS) is 30.0. The molecule has 1 fully saturated rings. The second kappa shape index (κ2) is 4.78. The highest BCUT2D eigenvalue weighted by Gasteiger charge is 2.43. The van der Waals surface area contributed by atoms with Crippen molar-refractivity contribution in [1.29, 1.82) is 0 Å². The standard InChI is InChI=1S/C13H22N2O2/c1-4-10(2)15-6-5-11(14-15)7-13(16)8-12(9-13)17-3/h5-6,10,12,16H,4,7-9H2,1-3H3. The van der Waals surface area contributed by atoms with Gasteiger partial charge in [-0.3, -0.25) is 4.68 Å². The number of hydrogen-bond donors (Lipinski definition) is 1. The van der Waals surface area contributed by atoms with Crippen LogP contribution < -0.4 is 0 Å². The van der Waals surface area contributed by atoms with Crippen molar-refractivity contribution in [1.82, 2.24) is 9.78 Å². The van der Waals surface area contributed by atoms with Crippen molar-refractivity contribution < 1.29 is 9.84 Å². The molecule has 17 heavy (non-hydrogen) atoms. The monoisotopic (exact) mass is 238 g/mol. The Balaban J connectivity index is 1.94. The van der Waals surface area contributed by atoms with Gasteiger partial charge in [-0.05, 0) is 19.4 Å². The Morgan fingerprint density at radius 2 is 2.35 bits per heavy atom. The zero-order valence-corrected chi connectivity index (χ0v) is 10.9. The number of rotatable bonds is 5. The molecule has 0 aliphatic heterocycles. The minimum atomic E-state index is -0.602. The van der Waals surface area contributed by atoms with Gasteiger partial charge in [-0.1, -0.05) is 6.92 Å². The molecule has 0 amide bonds. The van der Waals surface area contributed by atoms with Crippen LogP contribution >= 0.6 is 0 Å². The van der Waals surface area contributed by atoms with Gasteiger partial charge in [-0.2, -0.15) is 5.10 Å². The Hall–Kier alpha value is -0.870. The lowest BCUT2D eigenvalue weighted by molar-refractivity contribution is -0.126. The molecule has 96 valence electrons. The van der Waals surface area contributed by atoms with E-state index >= 15 is 0 Å². The van der Waals surface area contributed by atoms with Crippen LogP contribution in [0.15, 0.2) is 12.3 Å². The van der Waals surface area contributed by atoms with Gasteiger partial charge in [0.15, 0.2) is 0 Å². The molecule has 1 N–H and O–H groups in total. The topological polar surface area (TPSA) is 47.3 Å². The third-order valence-corrected chi connectivity index (χ3v) is 3.76. The van der Waals surface area contributed by atoms with Gasteiger partial charge in [-0.15, -0.1) is 0 Å². The average Bonchev–Trinajstić information content (AvgIpc) is 2.72. The smallest absolute Gasteiger partial charge is 0.0753 e. The lowest BCUT2D eigenvalue weighted by Gasteiger charge is -2.42. The van der Waals surface area contributed by atoms with Crippen molar-refractivity contribution in [3.63, 3.8) is 0 Å². The van der Waals surface area contributed by atoms with Gasteiger partial charge in [0.25, 0.3) is 0 Å². The molecule has 0 radical (unpaired) electrons.